The fourth-order valence-corrected chi connectivity index (χ4v) is 5.65. The summed E-state index contributed by atoms with van der Waals surface area (Å²) >= 11 is 1.78. The number of thioether (sulfide) groups is 1. The lowest BCUT2D eigenvalue weighted by Crippen LogP contribution is -2.44. The first kappa shape index (κ1) is 20.9. The van der Waals surface area contributed by atoms with Gasteiger partial charge in [0.05, 0.1) is 5.75 Å². The van der Waals surface area contributed by atoms with E-state index in [2.05, 4.69) is 20.6 Å². The highest BCUT2D eigenvalue weighted by Crippen LogP contribution is 2.19. The molecule has 2 heterocycles. The van der Waals surface area contributed by atoms with Crippen LogP contribution in [0.25, 0.3) is 10.9 Å². The van der Waals surface area contributed by atoms with Crippen molar-refractivity contribution in [1.29, 1.82) is 0 Å². The highest BCUT2D eigenvalue weighted by Gasteiger charge is 2.23. The van der Waals surface area contributed by atoms with Crippen LogP contribution in [0.2, 0.25) is 0 Å². The van der Waals surface area contributed by atoms with Crippen LogP contribution in [0.1, 0.15) is 5.56 Å². The van der Waals surface area contributed by atoms with Crippen LogP contribution < -0.4 is 10.6 Å². The third kappa shape index (κ3) is 5.39. The first-order valence-corrected chi connectivity index (χ1v) is 12.0. The molecule has 1 aromatic heterocycles. The largest absolute Gasteiger partial charge is 0.361 e. The van der Waals surface area contributed by atoms with Crippen molar-refractivity contribution in [1.82, 2.24) is 19.9 Å². The van der Waals surface area contributed by atoms with Crippen molar-refractivity contribution in [3.63, 3.8) is 0 Å². The monoisotopic (exact) mass is 427 g/mol. The molecule has 10 heteroatoms. The molecule has 0 aliphatic carbocycles. The molecular weight excluding hydrogens is 401 g/mol. The summed E-state index contributed by atoms with van der Waals surface area (Å²) in [4.78, 5) is 7.21. The number of sulfonamides is 1. The van der Waals surface area contributed by atoms with Crippen molar-refractivity contribution in [2.24, 2.45) is 4.99 Å². The highest BCUT2D eigenvalue weighted by atomic mass is 32.2. The van der Waals surface area contributed by atoms with Gasteiger partial charge in [-0.25, -0.2) is 17.1 Å². The molecule has 1 saturated heterocycles. The number of nitrogens with zero attached hydrogens (tertiary/aromatic N) is 2. The van der Waals surface area contributed by atoms with Gasteiger partial charge < -0.3 is 15.6 Å². The van der Waals surface area contributed by atoms with Gasteiger partial charge in [0.15, 0.2) is 5.96 Å². The Labute approximate surface area is 169 Å². The summed E-state index contributed by atoms with van der Waals surface area (Å²) in [7, 11) is -1.58. The summed E-state index contributed by atoms with van der Waals surface area (Å²) in [6.45, 7) is 2.11. The van der Waals surface area contributed by atoms with E-state index in [4.69, 9.17) is 0 Å². The fourth-order valence-electron chi connectivity index (χ4n) is 3.15. The van der Waals surface area contributed by atoms with E-state index in [-0.39, 0.29) is 11.6 Å². The maximum Gasteiger partial charge on any atom is 0.215 e. The quantitative estimate of drug-likeness (QED) is 0.459. The zero-order valence-electron chi connectivity index (χ0n) is 15.9. The second-order valence-electron chi connectivity index (χ2n) is 6.51. The third-order valence-electron chi connectivity index (χ3n) is 4.66. The van der Waals surface area contributed by atoms with E-state index in [9.17, 15) is 12.8 Å². The van der Waals surface area contributed by atoms with Gasteiger partial charge in [0.1, 0.15) is 5.82 Å². The summed E-state index contributed by atoms with van der Waals surface area (Å²) in [5.41, 5.74) is 1.86. The van der Waals surface area contributed by atoms with Crippen molar-refractivity contribution in [3.05, 3.63) is 35.8 Å². The number of H-pyrrole nitrogens is 1. The van der Waals surface area contributed by atoms with Crippen LogP contribution in [0.4, 0.5) is 4.39 Å². The first-order chi connectivity index (χ1) is 13.5. The van der Waals surface area contributed by atoms with Crippen LogP contribution in [0, 0.1) is 5.82 Å². The molecule has 1 fully saturated rings. The SMILES string of the molecule is CN=C(NCCc1c[nH]c2cc(F)ccc12)NCCS(=O)(=O)N1CCSCC1. The minimum atomic E-state index is -3.23. The van der Waals surface area contributed by atoms with Gasteiger partial charge in [-0.1, -0.05) is 0 Å². The number of rotatable bonds is 7. The van der Waals surface area contributed by atoms with Crippen LogP contribution in [-0.2, 0) is 16.4 Å². The van der Waals surface area contributed by atoms with E-state index < -0.39 is 10.0 Å². The highest BCUT2D eigenvalue weighted by molar-refractivity contribution is 7.99. The number of aromatic amines is 1. The second kappa shape index (κ2) is 9.62. The van der Waals surface area contributed by atoms with Gasteiger partial charge >= 0.3 is 0 Å². The molecule has 0 unspecified atom stereocenters. The number of benzene rings is 1. The van der Waals surface area contributed by atoms with Gasteiger partial charge in [0, 0.05) is 61.8 Å². The Morgan fingerprint density at radius 1 is 1.29 bits per heavy atom. The molecule has 0 radical (unpaired) electrons. The van der Waals surface area contributed by atoms with Gasteiger partial charge in [-0.05, 0) is 30.2 Å². The number of guanidine groups is 1. The summed E-state index contributed by atoms with van der Waals surface area (Å²) in [5, 5.41) is 7.25. The number of aliphatic imine (C=N–C) groups is 1. The number of hydrogen-bond donors (Lipinski definition) is 3. The predicted molar refractivity (Wildman–Crippen MR) is 114 cm³/mol. The van der Waals surface area contributed by atoms with Crippen LogP contribution in [0.5, 0.6) is 0 Å². The summed E-state index contributed by atoms with van der Waals surface area (Å²) in [5.74, 6) is 2.07. The Balaban J connectivity index is 1.44. The molecule has 1 aromatic carbocycles. The number of fused-ring (bicyclic) bond motifs is 1. The Hall–Kier alpha value is -1.78. The number of halogens is 1. The standard InChI is InChI=1S/C18H26FN5O2S2/c1-20-18(22-6-11-28(25,26)24-7-9-27-10-8-24)21-5-4-14-13-23-17-12-15(19)2-3-16(14)17/h2-3,12-13,23H,4-11H2,1H3,(H2,20,21,22). The molecule has 0 amide bonds. The predicted octanol–water partition coefficient (Wildman–Crippen LogP) is 1.39. The minimum Gasteiger partial charge on any atom is -0.361 e. The maximum atomic E-state index is 13.3. The molecule has 7 nitrogen and oxygen atoms in total. The van der Waals surface area contributed by atoms with E-state index in [1.165, 1.54) is 12.1 Å². The lowest BCUT2D eigenvalue weighted by molar-refractivity contribution is 0.443. The van der Waals surface area contributed by atoms with Crippen LogP contribution >= 0.6 is 11.8 Å². The maximum absolute atomic E-state index is 13.3. The zero-order valence-corrected chi connectivity index (χ0v) is 17.5. The van der Waals surface area contributed by atoms with E-state index in [1.807, 2.05) is 6.20 Å². The zero-order chi connectivity index (χ0) is 20.0. The Morgan fingerprint density at radius 3 is 2.79 bits per heavy atom. The lowest BCUT2D eigenvalue weighted by atomic mass is 10.1. The Morgan fingerprint density at radius 2 is 2.04 bits per heavy atom. The lowest BCUT2D eigenvalue weighted by Gasteiger charge is -2.25. The molecule has 3 rings (SSSR count). The molecule has 3 N–H and O–H groups in total. The molecule has 0 saturated carbocycles. The fraction of sp³-hybridized carbons (Fsp3) is 0.500. The van der Waals surface area contributed by atoms with Gasteiger partial charge in [0.2, 0.25) is 10.0 Å². The van der Waals surface area contributed by atoms with Crippen molar-refractivity contribution < 1.29 is 12.8 Å². The van der Waals surface area contributed by atoms with Gasteiger partial charge in [-0.15, -0.1) is 0 Å². The third-order valence-corrected chi connectivity index (χ3v) is 7.47. The van der Waals surface area contributed by atoms with Crippen molar-refractivity contribution >= 4 is 38.6 Å². The molecule has 28 heavy (non-hydrogen) atoms. The Bertz CT molecular complexity index is 923. The van der Waals surface area contributed by atoms with Gasteiger partial charge in [-0.3, -0.25) is 4.99 Å². The number of aromatic nitrogens is 1. The molecule has 0 atom stereocenters. The van der Waals surface area contributed by atoms with E-state index in [0.717, 1.165) is 34.4 Å². The average molecular weight is 428 g/mol. The number of nitrogens with one attached hydrogen (secondary N) is 3. The average Bonchev–Trinajstić information content (AvgIpc) is 3.09. The molecule has 154 valence electrons. The summed E-state index contributed by atoms with van der Waals surface area (Å²) in [6.07, 6.45) is 2.61. The van der Waals surface area contributed by atoms with Gasteiger partial charge in [-0.2, -0.15) is 11.8 Å². The second-order valence-corrected chi connectivity index (χ2v) is 9.82. The minimum absolute atomic E-state index is 0.0480. The van der Waals surface area contributed by atoms with E-state index in [0.29, 0.717) is 32.1 Å². The first-order valence-electron chi connectivity index (χ1n) is 9.25. The summed E-state index contributed by atoms with van der Waals surface area (Å²) < 4.78 is 39.6. The van der Waals surface area contributed by atoms with Crippen LogP contribution in [0.3, 0.4) is 0 Å². The normalized spacial score (nSPS) is 16.4. The molecule has 2 aromatic rings. The van der Waals surface area contributed by atoms with Crippen molar-refractivity contribution in [2.45, 2.75) is 6.42 Å². The van der Waals surface area contributed by atoms with Gasteiger partial charge in [0.25, 0.3) is 0 Å². The van der Waals surface area contributed by atoms with Crippen LogP contribution in [0.15, 0.2) is 29.4 Å². The molecular formula is C18H26FN5O2S2. The van der Waals surface area contributed by atoms with E-state index in [1.54, 1.807) is 29.2 Å². The van der Waals surface area contributed by atoms with E-state index >= 15 is 0 Å². The Kier molecular flexibility index (Phi) is 7.19. The molecule has 0 bridgehead atoms. The molecule has 0 spiro atoms. The summed E-state index contributed by atoms with van der Waals surface area (Å²) in [6, 6.07) is 4.71. The van der Waals surface area contributed by atoms with Crippen molar-refractivity contribution in [3.8, 4) is 0 Å². The van der Waals surface area contributed by atoms with Crippen LogP contribution in [-0.4, -0.2) is 74.2 Å². The van der Waals surface area contributed by atoms with Crippen molar-refractivity contribution in [2.75, 3.05) is 50.5 Å². The molecule has 1 aliphatic heterocycles. The molecule has 1 aliphatic rings. The smallest absolute Gasteiger partial charge is 0.215 e. The topological polar surface area (TPSA) is 89.6 Å². The number of hydrogen-bond acceptors (Lipinski definition) is 4.